The Labute approximate surface area is 160 Å². The molecule has 1 heteroatoms. The van der Waals surface area contributed by atoms with Crippen LogP contribution in [0.15, 0.2) is 77.8 Å². The highest BCUT2D eigenvalue weighted by Gasteiger charge is 2.04. The molecule has 0 fully saturated rings. The molecule has 2 aromatic carbocycles. The van der Waals surface area contributed by atoms with Crippen molar-refractivity contribution >= 4 is 17.0 Å². The molecule has 0 radical (unpaired) electrons. The molecular formula is C25H33N. The zero-order valence-corrected chi connectivity index (χ0v) is 17.0. The fourth-order valence-electron chi connectivity index (χ4n) is 2.67. The Kier molecular flexibility index (Phi) is 10.7. The van der Waals surface area contributed by atoms with Crippen molar-refractivity contribution in [1.82, 2.24) is 0 Å². The summed E-state index contributed by atoms with van der Waals surface area (Å²) < 4.78 is 0. The molecule has 0 aliphatic carbocycles. The third-order valence-corrected chi connectivity index (χ3v) is 3.82. The molecule has 2 aromatic rings. The van der Waals surface area contributed by atoms with Gasteiger partial charge in [0.1, 0.15) is 0 Å². The standard InChI is InChI=1S/C23H27N.C2H6/c1-4-12-19(3)24-23(21-16-10-7-11-17-21)18-22(13-5-2)20-14-8-6-9-15-20;1-2/h6-11,13-18H,4-5,12H2,1-3H3;1-2H3/b22-13-,23-18-,24-19?;. The predicted molar refractivity (Wildman–Crippen MR) is 118 cm³/mol. The Morgan fingerprint density at radius 1 is 0.846 bits per heavy atom. The van der Waals surface area contributed by atoms with Crippen molar-refractivity contribution in [3.63, 3.8) is 0 Å². The van der Waals surface area contributed by atoms with E-state index in [2.05, 4.69) is 87.5 Å². The van der Waals surface area contributed by atoms with Crippen LogP contribution in [0.4, 0.5) is 0 Å². The molecule has 138 valence electrons. The van der Waals surface area contributed by atoms with Crippen molar-refractivity contribution in [3.8, 4) is 0 Å². The lowest BCUT2D eigenvalue weighted by Crippen LogP contribution is -1.93. The van der Waals surface area contributed by atoms with Crippen LogP contribution in [-0.4, -0.2) is 5.71 Å². The van der Waals surface area contributed by atoms with Gasteiger partial charge >= 0.3 is 0 Å². The number of nitrogens with zero attached hydrogens (tertiary/aromatic N) is 1. The van der Waals surface area contributed by atoms with Gasteiger partial charge in [-0.05, 0) is 37.0 Å². The second-order valence-electron chi connectivity index (χ2n) is 5.93. The van der Waals surface area contributed by atoms with Crippen LogP contribution in [0.1, 0.15) is 65.0 Å². The van der Waals surface area contributed by atoms with Crippen LogP contribution in [0.5, 0.6) is 0 Å². The van der Waals surface area contributed by atoms with Gasteiger partial charge in [0.15, 0.2) is 0 Å². The molecule has 0 spiro atoms. The minimum atomic E-state index is 1.00. The molecule has 0 N–H and O–H groups in total. The number of hydrogen-bond acceptors (Lipinski definition) is 1. The van der Waals surface area contributed by atoms with E-state index in [1.165, 1.54) is 16.8 Å². The maximum Gasteiger partial charge on any atom is 0.0707 e. The molecule has 2 rings (SSSR count). The zero-order chi connectivity index (χ0) is 19.2. The predicted octanol–water partition coefficient (Wildman–Crippen LogP) is 7.81. The van der Waals surface area contributed by atoms with E-state index in [1.807, 2.05) is 19.9 Å². The first-order valence-electron chi connectivity index (χ1n) is 9.81. The van der Waals surface area contributed by atoms with Crippen molar-refractivity contribution < 1.29 is 0 Å². The number of rotatable bonds is 7. The molecule has 0 aliphatic heterocycles. The van der Waals surface area contributed by atoms with Crippen LogP contribution < -0.4 is 0 Å². The fourth-order valence-corrected chi connectivity index (χ4v) is 2.67. The minimum absolute atomic E-state index is 1.00. The topological polar surface area (TPSA) is 12.4 Å². The average Bonchev–Trinajstić information content (AvgIpc) is 2.70. The van der Waals surface area contributed by atoms with Gasteiger partial charge in [-0.2, -0.15) is 0 Å². The number of benzene rings is 2. The summed E-state index contributed by atoms with van der Waals surface area (Å²) in [5, 5.41) is 0. The van der Waals surface area contributed by atoms with Crippen molar-refractivity contribution in [3.05, 3.63) is 83.9 Å². The summed E-state index contributed by atoms with van der Waals surface area (Å²) in [5.41, 5.74) is 5.83. The lowest BCUT2D eigenvalue weighted by molar-refractivity contribution is 0.988. The van der Waals surface area contributed by atoms with E-state index in [0.29, 0.717) is 0 Å². The van der Waals surface area contributed by atoms with Crippen LogP contribution in [0, 0.1) is 0 Å². The van der Waals surface area contributed by atoms with Crippen LogP contribution in [-0.2, 0) is 0 Å². The molecular weight excluding hydrogens is 314 g/mol. The first-order chi connectivity index (χ1) is 12.7. The third kappa shape index (κ3) is 7.23. The van der Waals surface area contributed by atoms with Crippen molar-refractivity contribution in [2.45, 2.75) is 53.9 Å². The maximum atomic E-state index is 4.92. The first kappa shape index (κ1) is 21.6. The molecule has 0 amide bonds. The summed E-state index contributed by atoms with van der Waals surface area (Å²) in [5.74, 6) is 0. The lowest BCUT2D eigenvalue weighted by Gasteiger charge is -2.08. The highest BCUT2D eigenvalue weighted by atomic mass is 14.8. The first-order valence-corrected chi connectivity index (χ1v) is 9.81. The third-order valence-electron chi connectivity index (χ3n) is 3.82. The van der Waals surface area contributed by atoms with E-state index in [9.17, 15) is 0 Å². The Morgan fingerprint density at radius 3 is 1.88 bits per heavy atom. The van der Waals surface area contributed by atoms with Crippen LogP contribution in [0.25, 0.3) is 11.3 Å². The minimum Gasteiger partial charge on any atom is -0.257 e. The zero-order valence-electron chi connectivity index (χ0n) is 17.0. The SMILES string of the molecule is CC.CC/C=C(/C=C(\N=C(C)CCC)c1ccccc1)c1ccccc1. The van der Waals surface area contributed by atoms with Gasteiger partial charge in [-0.1, -0.05) is 101 Å². The van der Waals surface area contributed by atoms with Crippen LogP contribution >= 0.6 is 0 Å². The molecule has 0 atom stereocenters. The smallest absolute Gasteiger partial charge is 0.0707 e. The number of hydrogen-bond donors (Lipinski definition) is 0. The normalized spacial score (nSPS) is 12.4. The highest BCUT2D eigenvalue weighted by molar-refractivity contribution is 5.91. The summed E-state index contributed by atoms with van der Waals surface area (Å²) in [6.45, 7) is 10.5. The van der Waals surface area contributed by atoms with Gasteiger partial charge < -0.3 is 0 Å². The fraction of sp³-hybridized carbons (Fsp3) is 0.320. The Hall–Kier alpha value is -2.41. The second kappa shape index (κ2) is 12.9. The molecule has 0 aromatic heterocycles. The molecule has 0 heterocycles. The lowest BCUT2D eigenvalue weighted by atomic mass is 10.0. The van der Waals surface area contributed by atoms with E-state index < -0.39 is 0 Å². The van der Waals surface area contributed by atoms with E-state index >= 15 is 0 Å². The van der Waals surface area contributed by atoms with Gasteiger partial charge in [0.25, 0.3) is 0 Å². The van der Waals surface area contributed by atoms with Crippen LogP contribution in [0.3, 0.4) is 0 Å². The monoisotopic (exact) mass is 347 g/mol. The molecule has 0 unspecified atom stereocenters. The largest absolute Gasteiger partial charge is 0.257 e. The maximum absolute atomic E-state index is 4.92. The van der Waals surface area contributed by atoms with Gasteiger partial charge in [-0.25, -0.2) is 0 Å². The van der Waals surface area contributed by atoms with E-state index in [4.69, 9.17) is 4.99 Å². The summed E-state index contributed by atoms with van der Waals surface area (Å²) in [6.07, 6.45) is 7.63. The molecule has 26 heavy (non-hydrogen) atoms. The van der Waals surface area contributed by atoms with E-state index in [-0.39, 0.29) is 0 Å². The van der Waals surface area contributed by atoms with Gasteiger partial charge in [0, 0.05) is 11.3 Å². The van der Waals surface area contributed by atoms with Gasteiger partial charge in [0.2, 0.25) is 0 Å². The average molecular weight is 348 g/mol. The second-order valence-corrected chi connectivity index (χ2v) is 5.93. The van der Waals surface area contributed by atoms with E-state index in [1.54, 1.807) is 0 Å². The molecule has 0 bridgehead atoms. The van der Waals surface area contributed by atoms with Crippen molar-refractivity contribution in [2.75, 3.05) is 0 Å². The van der Waals surface area contributed by atoms with Crippen molar-refractivity contribution in [1.29, 1.82) is 0 Å². The Bertz CT molecular complexity index is 706. The molecule has 0 saturated heterocycles. The molecule has 0 saturated carbocycles. The van der Waals surface area contributed by atoms with Gasteiger partial charge in [-0.15, -0.1) is 0 Å². The Morgan fingerprint density at radius 2 is 1.38 bits per heavy atom. The van der Waals surface area contributed by atoms with E-state index in [0.717, 1.165) is 30.5 Å². The highest BCUT2D eigenvalue weighted by Crippen LogP contribution is 2.24. The van der Waals surface area contributed by atoms with Crippen LogP contribution in [0.2, 0.25) is 0 Å². The number of aliphatic imine (C=N–C) groups is 1. The summed E-state index contributed by atoms with van der Waals surface area (Å²) in [6, 6.07) is 21.0. The van der Waals surface area contributed by atoms with Gasteiger partial charge in [-0.3, -0.25) is 4.99 Å². The summed E-state index contributed by atoms with van der Waals surface area (Å²) >= 11 is 0. The Balaban J connectivity index is 0.00000163. The van der Waals surface area contributed by atoms with Crippen molar-refractivity contribution in [2.24, 2.45) is 4.99 Å². The quantitative estimate of drug-likeness (QED) is 0.358. The summed E-state index contributed by atoms with van der Waals surface area (Å²) in [7, 11) is 0. The molecule has 0 aliphatic rings. The molecule has 1 nitrogen and oxygen atoms in total. The van der Waals surface area contributed by atoms with Gasteiger partial charge in [0.05, 0.1) is 5.70 Å². The number of allylic oxidation sites excluding steroid dienone is 3. The summed E-state index contributed by atoms with van der Waals surface area (Å²) in [4.78, 5) is 4.92.